The van der Waals surface area contributed by atoms with Crippen molar-refractivity contribution in [1.29, 1.82) is 0 Å². The Morgan fingerprint density at radius 1 is 1.00 bits per heavy atom. The summed E-state index contributed by atoms with van der Waals surface area (Å²) >= 11 is 13.8. The number of nitrogens with one attached hydrogen (secondary N) is 1. The zero-order chi connectivity index (χ0) is 25.5. The average molecular weight is 540 g/mol. The summed E-state index contributed by atoms with van der Waals surface area (Å²) in [4.78, 5) is 12.3. The molecule has 0 radical (unpaired) electrons. The highest BCUT2D eigenvalue weighted by Gasteiger charge is 2.17. The van der Waals surface area contributed by atoms with Gasteiger partial charge in [0, 0.05) is 34.3 Å². The van der Waals surface area contributed by atoms with Gasteiger partial charge in [0.1, 0.15) is 0 Å². The second-order valence-corrected chi connectivity index (χ2v) is 10.5. The van der Waals surface area contributed by atoms with Crippen molar-refractivity contribution in [3.63, 3.8) is 0 Å². The molecule has 0 unspecified atom stereocenters. The van der Waals surface area contributed by atoms with Gasteiger partial charge in [-0.3, -0.25) is 9.36 Å². The van der Waals surface area contributed by atoms with E-state index in [9.17, 15) is 4.79 Å². The standard InChI is InChI=1S/C28H28Cl2N4OS/c1-19-9-11-22(12-10-19)27-32-33-28(34(27)25-7-4-3-6-20(25)2)36-17-5-8-26(35)31-16-15-21-13-14-23(29)18-24(21)30/h3-4,6-7,9-14,18H,5,8,15-17H2,1-2H3,(H,31,35). The molecular formula is C28H28Cl2N4OS. The van der Waals surface area contributed by atoms with E-state index in [2.05, 4.69) is 70.3 Å². The third kappa shape index (κ3) is 6.69. The number of thioether (sulfide) groups is 1. The van der Waals surface area contributed by atoms with Crippen LogP contribution in [0.2, 0.25) is 10.0 Å². The number of hydrogen-bond acceptors (Lipinski definition) is 4. The van der Waals surface area contributed by atoms with Gasteiger partial charge < -0.3 is 5.32 Å². The molecule has 0 aliphatic heterocycles. The average Bonchev–Trinajstić information content (AvgIpc) is 3.27. The maximum atomic E-state index is 12.3. The molecule has 186 valence electrons. The van der Waals surface area contributed by atoms with E-state index in [0.29, 0.717) is 29.4 Å². The van der Waals surface area contributed by atoms with Crippen molar-refractivity contribution in [2.45, 2.75) is 38.3 Å². The zero-order valence-corrected chi connectivity index (χ0v) is 22.6. The Bertz CT molecular complexity index is 1340. The van der Waals surface area contributed by atoms with E-state index in [-0.39, 0.29) is 5.91 Å². The molecule has 8 heteroatoms. The van der Waals surface area contributed by atoms with Gasteiger partial charge in [-0.15, -0.1) is 10.2 Å². The molecule has 0 bridgehead atoms. The third-order valence-electron chi connectivity index (χ3n) is 5.81. The van der Waals surface area contributed by atoms with E-state index >= 15 is 0 Å². The molecule has 1 aromatic heterocycles. The molecule has 1 N–H and O–H groups in total. The number of halogens is 2. The first-order chi connectivity index (χ1) is 17.4. The largest absolute Gasteiger partial charge is 0.356 e. The highest BCUT2D eigenvalue weighted by molar-refractivity contribution is 7.99. The molecule has 0 saturated heterocycles. The van der Waals surface area contributed by atoms with Crippen molar-refractivity contribution in [2.24, 2.45) is 0 Å². The molecule has 0 atom stereocenters. The van der Waals surface area contributed by atoms with E-state index in [1.54, 1.807) is 17.8 Å². The van der Waals surface area contributed by atoms with Gasteiger partial charge in [-0.05, 0) is 56.0 Å². The Balaban J connectivity index is 1.35. The van der Waals surface area contributed by atoms with Gasteiger partial charge in [0.05, 0.1) is 5.69 Å². The Morgan fingerprint density at radius 2 is 1.78 bits per heavy atom. The van der Waals surface area contributed by atoms with Crippen molar-refractivity contribution in [3.8, 4) is 17.1 Å². The van der Waals surface area contributed by atoms with Crippen LogP contribution in [0.15, 0.2) is 71.9 Å². The summed E-state index contributed by atoms with van der Waals surface area (Å²) in [6, 6.07) is 22.0. The maximum absolute atomic E-state index is 12.3. The van der Waals surface area contributed by atoms with Crippen LogP contribution in [0.25, 0.3) is 17.1 Å². The van der Waals surface area contributed by atoms with E-state index in [0.717, 1.165) is 45.5 Å². The molecule has 1 amide bonds. The van der Waals surface area contributed by atoms with Crippen molar-refractivity contribution in [1.82, 2.24) is 20.1 Å². The van der Waals surface area contributed by atoms with Crippen LogP contribution in [0.3, 0.4) is 0 Å². The SMILES string of the molecule is Cc1ccc(-c2nnc(SCCCC(=O)NCCc3ccc(Cl)cc3Cl)n2-c2ccccc2C)cc1. The quantitative estimate of drug-likeness (QED) is 0.173. The van der Waals surface area contributed by atoms with Crippen molar-refractivity contribution < 1.29 is 4.79 Å². The van der Waals surface area contributed by atoms with E-state index in [1.807, 2.05) is 24.3 Å². The minimum absolute atomic E-state index is 0.0291. The van der Waals surface area contributed by atoms with Crippen LogP contribution in [-0.2, 0) is 11.2 Å². The van der Waals surface area contributed by atoms with Crippen LogP contribution < -0.4 is 5.32 Å². The Morgan fingerprint density at radius 3 is 2.53 bits per heavy atom. The summed E-state index contributed by atoms with van der Waals surface area (Å²) in [6.45, 7) is 4.69. The summed E-state index contributed by atoms with van der Waals surface area (Å²) < 4.78 is 2.11. The minimum Gasteiger partial charge on any atom is -0.356 e. The lowest BCUT2D eigenvalue weighted by Crippen LogP contribution is -2.25. The molecule has 36 heavy (non-hydrogen) atoms. The number of amides is 1. The molecular weight excluding hydrogens is 511 g/mol. The second kappa shape index (κ2) is 12.4. The van der Waals surface area contributed by atoms with E-state index in [1.165, 1.54) is 5.56 Å². The second-order valence-electron chi connectivity index (χ2n) is 8.58. The summed E-state index contributed by atoms with van der Waals surface area (Å²) in [5.74, 6) is 1.60. The number of rotatable bonds is 10. The lowest BCUT2D eigenvalue weighted by atomic mass is 10.1. The Kier molecular flexibility index (Phi) is 9.08. The van der Waals surface area contributed by atoms with Crippen molar-refractivity contribution in [2.75, 3.05) is 12.3 Å². The van der Waals surface area contributed by atoms with Crippen molar-refractivity contribution >= 4 is 40.9 Å². The summed E-state index contributed by atoms with van der Waals surface area (Å²) in [6.07, 6.45) is 1.85. The fourth-order valence-electron chi connectivity index (χ4n) is 3.83. The number of carbonyl (C=O) groups is 1. The van der Waals surface area contributed by atoms with Gasteiger partial charge in [-0.2, -0.15) is 0 Å². The monoisotopic (exact) mass is 538 g/mol. The van der Waals surface area contributed by atoms with Crippen molar-refractivity contribution in [3.05, 3.63) is 93.5 Å². The molecule has 0 aliphatic carbocycles. The van der Waals surface area contributed by atoms with Crippen LogP contribution in [-0.4, -0.2) is 33.0 Å². The van der Waals surface area contributed by atoms with Crippen LogP contribution >= 0.6 is 35.0 Å². The first-order valence-corrected chi connectivity index (χ1v) is 13.6. The topological polar surface area (TPSA) is 59.8 Å². The molecule has 0 aliphatic rings. The number of hydrogen-bond donors (Lipinski definition) is 1. The minimum atomic E-state index is 0.0291. The van der Waals surface area contributed by atoms with Crippen LogP contribution in [0.4, 0.5) is 0 Å². The van der Waals surface area contributed by atoms with E-state index < -0.39 is 0 Å². The molecule has 0 fully saturated rings. The third-order valence-corrected chi connectivity index (χ3v) is 7.41. The normalized spacial score (nSPS) is 11.0. The molecule has 1 heterocycles. The molecule has 0 saturated carbocycles. The van der Waals surface area contributed by atoms with Gasteiger partial charge in [0.15, 0.2) is 11.0 Å². The fourth-order valence-corrected chi connectivity index (χ4v) is 5.22. The molecule has 4 aromatic rings. The number of nitrogens with zero attached hydrogens (tertiary/aromatic N) is 3. The predicted octanol–water partition coefficient (Wildman–Crippen LogP) is 7.09. The zero-order valence-electron chi connectivity index (χ0n) is 20.3. The smallest absolute Gasteiger partial charge is 0.220 e. The highest BCUT2D eigenvalue weighted by Crippen LogP contribution is 2.30. The van der Waals surface area contributed by atoms with Gasteiger partial charge in [-0.25, -0.2) is 0 Å². The lowest BCUT2D eigenvalue weighted by Gasteiger charge is -2.13. The number of benzene rings is 3. The molecule has 5 nitrogen and oxygen atoms in total. The number of carbonyl (C=O) groups excluding carboxylic acids is 1. The molecule has 4 rings (SSSR count). The first kappa shape index (κ1) is 26.3. The number of para-hydroxylation sites is 1. The molecule has 3 aromatic carbocycles. The van der Waals surface area contributed by atoms with Gasteiger partial charge in [0.2, 0.25) is 5.91 Å². The van der Waals surface area contributed by atoms with Gasteiger partial charge >= 0.3 is 0 Å². The first-order valence-electron chi connectivity index (χ1n) is 11.8. The van der Waals surface area contributed by atoms with Crippen LogP contribution in [0, 0.1) is 13.8 Å². The maximum Gasteiger partial charge on any atom is 0.220 e. The van der Waals surface area contributed by atoms with E-state index in [4.69, 9.17) is 23.2 Å². The molecule has 0 spiro atoms. The van der Waals surface area contributed by atoms with Gasteiger partial charge in [0.25, 0.3) is 0 Å². The lowest BCUT2D eigenvalue weighted by molar-refractivity contribution is -0.121. The van der Waals surface area contributed by atoms with Crippen LogP contribution in [0.5, 0.6) is 0 Å². The summed E-state index contributed by atoms with van der Waals surface area (Å²) in [5, 5.41) is 14.0. The highest BCUT2D eigenvalue weighted by atomic mass is 35.5. The fraction of sp³-hybridized carbons (Fsp3) is 0.250. The Labute approximate surface area is 226 Å². The number of aromatic nitrogens is 3. The number of aryl methyl sites for hydroxylation is 2. The predicted molar refractivity (Wildman–Crippen MR) is 149 cm³/mol. The van der Waals surface area contributed by atoms with Gasteiger partial charge in [-0.1, -0.05) is 89.1 Å². The summed E-state index contributed by atoms with van der Waals surface area (Å²) in [5.41, 5.74) is 5.39. The Hall–Kier alpha value is -2.80. The summed E-state index contributed by atoms with van der Waals surface area (Å²) in [7, 11) is 0. The van der Waals surface area contributed by atoms with Crippen LogP contribution in [0.1, 0.15) is 29.5 Å².